The number of phenols is 1. The predicted octanol–water partition coefficient (Wildman–Crippen LogP) is 2.26. The molecule has 0 saturated heterocycles. The zero-order valence-corrected chi connectivity index (χ0v) is 16.9. The van der Waals surface area contributed by atoms with E-state index in [2.05, 4.69) is 0 Å². The fourth-order valence-corrected chi connectivity index (χ4v) is 3.55. The number of allylic oxidation sites excluding steroid dienone is 2. The van der Waals surface area contributed by atoms with Gasteiger partial charge in [0.25, 0.3) is 0 Å². The number of aromatic hydroxyl groups is 1. The number of rotatable bonds is 7. The largest absolute Gasteiger partial charge is 0.505 e. The van der Waals surface area contributed by atoms with Gasteiger partial charge in [0.15, 0.2) is 18.2 Å². The Balaban J connectivity index is 1.67. The summed E-state index contributed by atoms with van der Waals surface area (Å²) in [6, 6.07) is 4.70. The summed E-state index contributed by atoms with van der Waals surface area (Å²) >= 11 is 6.08. The van der Waals surface area contributed by atoms with Gasteiger partial charge in [-0.1, -0.05) is 23.8 Å². The lowest BCUT2D eigenvalue weighted by atomic mass is 9.84. The molecule has 30 heavy (non-hydrogen) atoms. The number of esters is 1. The Morgan fingerprint density at radius 2 is 2.17 bits per heavy atom. The van der Waals surface area contributed by atoms with Gasteiger partial charge in [-0.3, -0.25) is 9.59 Å². The summed E-state index contributed by atoms with van der Waals surface area (Å²) in [7, 11) is 0. The van der Waals surface area contributed by atoms with Gasteiger partial charge >= 0.3 is 5.97 Å². The lowest BCUT2D eigenvalue weighted by Gasteiger charge is -2.20. The molecule has 1 aliphatic heterocycles. The number of carbonyl (C=O) groups is 3. The number of fused-ring (bicyclic) bond motifs is 1. The minimum Gasteiger partial charge on any atom is -0.505 e. The average Bonchev–Trinajstić information content (AvgIpc) is 3.13. The minimum absolute atomic E-state index is 0.00599. The van der Waals surface area contributed by atoms with Crippen molar-refractivity contribution in [3.63, 3.8) is 0 Å². The zero-order valence-electron chi connectivity index (χ0n) is 16.1. The lowest BCUT2D eigenvalue weighted by Crippen LogP contribution is -2.31. The van der Waals surface area contributed by atoms with E-state index in [9.17, 15) is 19.5 Å². The molecule has 2 unspecified atom stereocenters. The molecule has 8 nitrogen and oxygen atoms in total. The first-order chi connectivity index (χ1) is 14.3. The van der Waals surface area contributed by atoms with Gasteiger partial charge in [-0.15, -0.1) is 0 Å². The number of hydrogen-bond donors (Lipinski definition) is 1. The van der Waals surface area contributed by atoms with Crippen LogP contribution in [-0.4, -0.2) is 53.8 Å². The number of halogens is 1. The molecule has 0 spiro atoms. The third kappa shape index (κ3) is 4.31. The second kappa shape index (κ2) is 9.01. The second-order valence-corrected chi connectivity index (χ2v) is 7.15. The smallest absolute Gasteiger partial charge is 0.344 e. The van der Waals surface area contributed by atoms with Crippen molar-refractivity contribution in [1.82, 2.24) is 4.90 Å². The maximum atomic E-state index is 12.7. The topological polar surface area (TPSA) is 117 Å². The predicted molar refractivity (Wildman–Crippen MR) is 106 cm³/mol. The molecule has 2 atom stereocenters. The van der Waals surface area contributed by atoms with Crippen molar-refractivity contribution in [3.05, 3.63) is 46.6 Å². The summed E-state index contributed by atoms with van der Waals surface area (Å²) in [5.41, 5.74) is 0.748. The molecule has 9 heteroatoms. The van der Waals surface area contributed by atoms with Crippen LogP contribution in [0.25, 0.3) is 0 Å². The molecule has 0 amide bonds. The Bertz CT molecular complexity index is 994. The molecule has 0 aromatic heterocycles. The Morgan fingerprint density at radius 3 is 2.87 bits per heavy atom. The monoisotopic (exact) mass is 430 g/mol. The third-order valence-corrected chi connectivity index (χ3v) is 5.17. The highest BCUT2D eigenvalue weighted by atomic mass is 35.5. The van der Waals surface area contributed by atoms with Crippen LogP contribution < -0.4 is 4.74 Å². The molecule has 0 radical (unpaired) electrons. The molecule has 1 aliphatic carbocycles. The van der Waals surface area contributed by atoms with Gasteiger partial charge in [-0.05, 0) is 24.6 Å². The highest BCUT2D eigenvalue weighted by molar-refractivity contribution is 6.34. The molecule has 2 aliphatic rings. The normalized spacial score (nSPS) is 19.7. The molecular formula is C21H19ClN2O6. The number of carbonyl (C=O) groups excluding carboxylic acids is 3. The fourth-order valence-electron chi connectivity index (χ4n) is 3.33. The fraction of sp³-hybridized carbons (Fsp3) is 0.333. The Hall–Kier alpha value is -3.31. The number of phenolic OH excluding ortho intramolecular Hbond substituents is 1. The lowest BCUT2D eigenvalue weighted by molar-refractivity contribution is -0.145. The van der Waals surface area contributed by atoms with Crippen LogP contribution in [-0.2, 0) is 14.3 Å². The summed E-state index contributed by atoms with van der Waals surface area (Å²) < 4.78 is 9.98. The summed E-state index contributed by atoms with van der Waals surface area (Å²) in [6.07, 6.45) is 4.99. The Kier molecular flexibility index (Phi) is 6.43. The number of hydrogen-bond acceptors (Lipinski definition) is 8. The Morgan fingerprint density at radius 1 is 1.40 bits per heavy atom. The van der Waals surface area contributed by atoms with Gasteiger partial charge in [0, 0.05) is 12.7 Å². The van der Waals surface area contributed by atoms with E-state index >= 15 is 0 Å². The van der Waals surface area contributed by atoms with E-state index in [1.54, 1.807) is 30.2 Å². The van der Waals surface area contributed by atoms with Crippen LogP contribution in [0.5, 0.6) is 11.5 Å². The van der Waals surface area contributed by atoms with Gasteiger partial charge < -0.3 is 19.5 Å². The first-order valence-corrected chi connectivity index (χ1v) is 9.63. The van der Waals surface area contributed by atoms with E-state index in [0.717, 1.165) is 5.57 Å². The van der Waals surface area contributed by atoms with Crippen molar-refractivity contribution in [2.24, 2.45) is 11.8 Å². The van der Waals surface area contributed by atoms with Gasteiger partial charge in [-0.25, -0.2) is 4.79 Å². The molecule has 1 aromatic rings. The average molecular weight is 431 g/mol. The number of ketones is 2. The maximum absolute atomic E-state index is 12.7. The molecular weight excluding hydrogens is 412 g/mol. The van der Waals surface area contributed by atoms with E-state index in [-0.39, 0.29) is 48.4 Å². The second-order valence-electron chi connectivity index (χ2n) is 6.77. The standard InChI is InChI=1S/C21H19ClN2O6/c1-2-29-18(26)11-30-17-6-5-14(21(28)19(17)22)16(25)10-24-8-13-4-3-12(7-23)20(27)15(13)9-24/h3-6,8,12,15,28H,2,9-11H2,1H3. The van der Waals surface area contributed by atoms with Gasteiger partial charge in [0.05, 0.1) is 30.7 Å². The number of benzene rings is 1. The van der Waals surface area contributed by atoms with E-state index in [4.69, 9.17) is 26.3 Å². The summed E-state index contributed by atoms with van der Waals surface area (Å²) in [4.78, 5) is 38.0. The highest BCUT2D eigenvalue weighted by Crippen LogP contribution is 2.37. The van der Waals surface area contributed by atoms with Crippen LogP contribution in [0.3, 0.4) is 0 Å². The van der Waals surface area contributed by atoms with Gasteiger partial charge in [0.2, 0.25) is 0 Å². The third-order valence-electron chi connectivity index (χ3n) is 4.80. The van der Waals surface area contributed by atoms with Crippen LogP contribution >= 0.6 is 11.6 Å². The van der Waals surface area contributed by atoms with E-state index in [1.807, 2.05) is 6.07 Å². The van der Waals surface area contributed by atoms with E-state index in [1.165, 1.54) is 12.1 Å². The van der Waals surface area contributed by atoms with Crippen LogP contribution in [0, 0.1) is 23.2 Å². The van der Waals surface area contributed by atoms with Crippen molar-refractivity contribution in [2.45, 2.75) is 6.92 Å². The molecule has 0 saturated carbocycles. The number of nitrogens with zero attached hydrogens (tertiary/aromatic N) is 2. The number of Topliss-reactive ketones (excluding diaryl/α,β-unsaturated/α-hetero) is 2. The SMILES string of the molecule is CCOC(=O)COc1ccc(C(=O)CN2C=C3C=CC(C#N)C(=O)C3C2)c(O)c1Cl. The molecule has 0 bridgehead atoms. The van der Waals surface area contributed by atoms with Crippen LogP contribution in [0.2, 0.25) is 5.02 Å². The molecule has 3 rings (SSSR count). The van der Waals surface area contributed by atoms with Crippen molar-refractivity contribution in [3.8, 4) is 17.6 Å². The van der Waals surface area contributed by atoms with E-state index in [0.29, 0.717) is 0 Å². The molecule has 1 heterocycles. The number of ether oxygens (including phenoxy) is 2. The molecule has 156 valence electrons. The van der Waals surface area contributed by atoms with Crippen LogP contribution in [0.4, 0.5) is 0 Å². The Labute approximate surface area is 177 Å². The van der Waals surface area contributed by atoms with Crippen molar-refractivity contribution < 1.29 is 29.0 Å². The van der Waals surface area contributed by atoms with Gasteiger partial charge in [-0.2, -0.15) is 5.26 Å². The summed E-state index contributed by atoms with van der Waals surface area (Å²) in [6.45, 7) is 1.70. The summed E-state index contributed by atoms with van der Waals surface area (Å²) in [5.74, 6) is -2.79. The molecule has 0 fully saturated rings. The first-order valence-electron chi connectivity index (χ1n) is 9.26. The molecule has 1 N–H and O–H groups in total. The zero-order chi connectivity index (χ0) is 21.8. The molecule has 1 aromatic carbocycles. The van der Waals surface area contributed by atoms with Crippen LogP contribution in [0.15, 0.2) is 36.1 Å². The maximum Gasteiger partial charge on any atom is 0.344 e. The van der Waals surface area contributed by atoms with Crippen molar-refractivity contribution >= 4 is 29.1 Å². The van der Waals surface area contributed by atoms with E-state index < -0.39 is 29.3 Å². The summed E-state index contributed by atoms with van der Waals surface area (Å²) in [5, 5.41) is 19.2. The van der Waals surface area contributed by atoms with Gasteiger partial charge in [0.1, 0.15) is 22.4 Å². The minimum atomic E-state index is -0.771. The van der Waals surface area contributed by atoms with Crippen LogP contribution in [0.1, 0.15) is 17.3 Å². The van der Waals surface area contributed by atoms with Crippen molar-refractivity contribution in [1.29, 1.82) is 5.26 Å². The van der Waals surface area contributed by atoms with Crippen molar-refractivity contribution in [2.75, 3.05) is 26.3 Å². The first kappa shape index (κ1) is 21.4. The quantitative estimate of drug-likeness (QED) is 0.517. The number of nitriles is 1. The highest BCUT2D eigenvalue weighted by Gasteiger charge is 2.36.